The van der Waals surface area contributed by atoms with E-state index in [1.54, 1.807) is 11.1 Å². The highest BCUT2D eigenvalue weighted by Gasteiger charge is 2.26. The average molecular weight is 305 g/mol. The zero-order valence-electron chi connectivity index (χ0n) is 14.4. The van der Waals surface area contributed by atoms with E-state index in [0.717, 1.165) is 6.04 Å². The quantitative estimate of drug-likeness (QED) is 0.761. The molecule has 1 aliphatic heterocycles. The molecule has 2 aromatic rings. The van der Waals surface area contributed by atoms with Crippen LogP contribution in [0.5, 0.6) is 0 Å². The Balaban J connectivity index is 1.58. The third-order valence-corrected chi connectivity index (χ3v) is 5.91. The predicted octanol–water partition coefficient (Wildman–Crippen LogP) is 4.92. The van der Waals surface area contributed by atoms with Gasteiger partial charge in [-0.15, -0.1) is 0 Å². The smallest absolute Gasteiger partial charge is 0.0139 e. The van der Waals surface area contributed by atoms with Crippen molar-refractivity contribution in [3.63, 3.8) is 0 Å². The van der Waals surface area contributed by atoms with E-state index in [1.807, 2.05) is 0 Å². The lowest BCUT2D eigenvalue weighted by molar-refractivity contribution is 0.222. The van der Waals surface area contributed by atoms with Crippen LogP contribution >= 0.6 is 0 Å². The molecule has 0 radical (unpaired) electrons. The molecule has 0 spiro atoms. The first-order chi connectivity index (χ1) is 11.2. The van der Waals surface area contributed by atoms with Crippen molar-refractivity contribution in [3.05, 3.63) is 58.7 Å². The molecule has 1 fully saturated rings. The van der Waals surface area contributed by atoms with Crippen LogP contribution in [-0.4, -0.2) is 24.0 Å². The van der Waals surface area contributed by atoms with Crippen LogP contribution in [0.4, 0.5) is 0 Å². The number of hydrogen-bond donors (Lipinski definition) is 0. The van der Waals surface area contributed by atoms with Gasteiger partial charge >= 0.3 is 0 Å². The summed E-state index contributed by atoms with van der Waals surface area (Å²) in [6.45, 7) is 7.03. The average Bonchev–Trinajstić information content (AvgIpc) is 3.11. The molecule has 4 rings (SSSR count). The lowest BCUT2D eigenvalue weighted by Gasteiger charge is -2.32. The van der Waals surface area contributed by atoms with Gasteiger partial charge in [-0.1, -0.05) is 36.4 Å². The molecule has 2 aliphatic rings. The van der Waals surface area contributed by atoms with Crippen molar-refractivity contribution in [2.75, 3.05) is 13.1 Å². The molecule has 0 saturated carbocycles. The molecule has 1 nitrogen and oxygen atoms in total. The Kier molecular flexibility index (Phi) is 3.98. The lowest BCUT2D eigenvalue weighted by atomic mass is 9.85. The highest BCUT2D eigenvalue weighted by Crippen LogP contribution is 2.31. The molecule has 1 saturated heterocycles. The van der Waals surface area contributed by atoms with E-state index in [1.165, 1.54) is 67.4 Å². The van der Waals surface area contributed by atoms with Gasteiger partial charge in [0.25, 0.3) is 0 Å². The fourth-order valence-corrected chi connectivity index (χ4v) is 4.25. The molecule has 0 aromatic heterocycles. The molecule has 1 heteroatoms. The molecule has 1 aliphatic carbocycles. The van der Waals surface area contributed by atoms with Crippen LogP contribution in [0.3, 0.4) is 0 Å². The van der Waals surface area contributed by atoms with E-state index >= 15 is 0 Å². The number of nitrogens with zero attached hydrogens (tertiary/aromatic N) is 1. The summed E-state index contributed by atoms with van der Waals surface area (Å²) in [5, 5.41) is 0. The van der Waals surface area contributed by atoms with Gasteiger partial charge in [0.15, 0.2) is 0 Å². The molecule has 2 aromatic carbocycles. The molecule has 120 valence electrons. The number of benzene rings is 2. The molecular weight excluding hydrogens is 278 g/mol. The number of hydrogen-bond acceptors (Lipinski definition) is 1. The normalized spacial score (nSPS) is 21.4. The van der Waals surface area contributed by atoms with Gasteiger partial charge in [-0.2, -0.15) is 0 Å². The van der Waals surface area contributed by atoms with Gasteiger partial charge < -0.3 is 4.90 Å². The maximum atomic E-state index is 2.72. The molecule has 1 heterocycles. The van der Waals surface area contributed by atoms with Gasteiger partial charge in [0, 0.05) is 6.04 Å². The fourth-order valence-electron chi connectivity index (χ4n) is 4.25. The molecule has 1 unspecified atom stereocenters. The van der Waals surface area contributed by atoms with Crippen LogP contribution in [0.2, 0.25) is 0 Å². The fraction of sp³-hybridized carbons (Fsp3) is 0.455. The Morgan fingerprint density at radius 2 is 1.57 bits per heavy atom. The molecule has 0 bridgehead atoms. The van der Waals surface area contributed by atoms with Gasteiger partial charge in [-0.05, 0) is 92.4 Å². The SMILES string of the molecule is Cc1ccc(-c2ccc3c(c2)CCC(N2CCCC2)C3)cc1C. The summed E-state index contributed by atoms with van der Waals surface area (Å²) in [5.41, 5.74) is 8.66. The first-order valence-electron chi connectivity index (χ1n) is 9.14. The van der Waals surface area contributed by atoms with Crippen LogP contribution in [0.25, 0.3) is 11.1 Å². The van der Waals surface area contributed by atoms with Gasteiger partial charge in [0.1, 0.15) is 0 Å². The predicted molar refractivity (Wildman–Crippen MR) is 98.0 cm³/mol. The third-order valence-electron chi connectivity index (χ3n) is 5.91. The Morgan fingerprint density at radius 3 is 2.35 bits per heavy atom. The largest absolute Gasteiger partial charge is 0.300 e. The van der Waals surface area contributed by atoms with Crippen molar-refractivity contribution in [2.45, 2.75) is 52.0 Å². The Labute approximate surface area is 140 Å². The number of aryl methyl sites for hydroxylation is 3. The van der Waals surface area contributed by atoms with Crippen molar-refractivity contribution in [2.24, 2.45) is 0 Å². The molecule has 23 heavy (non-hydrogen) atoms. The van der Waals surface area contributed by atoms with Crippen LogP contribution in [-0.2, 0) is 12.8 Å². The van der Waals surface area contributed by atoms with Crippen molar-refractivity contribution >= 4 is 0 Å². The highest BCUT2D eigenvalue weighted by atomic mass is 15.2. The van der Waals surface area contributed by atoms with Crippen molar-refractivity contribution in [1.82, 2.24) is 4.90 Å². The summed E-state index contributed by atoms with van der Waals surface area (Å²) in [6, 6.07) is 14.8. The van der Waals surface area contributed by atoms with Crippen molar-refractivity contribution < 1.29 is 0 Å². The molecular formula is C22H27N. The molecule has 0 amide bonds. The standard InChI is InChI=1S/C22H27N/c1-16-5-6-18(13-17(16)2)19-7-8-21-15-22(10-9-20(21)14-19)23-11-3-4-12-23/h5-8,13-14,22H,3-4,9-12,15H2,1-2H3. The van der Waals surface area contributed by atoms with E-state index < -0.39 is 0 Å². The second-order valence-electron chi connectivity index (χ2n) is 7.42. The number of rotatable bonds is 2. The summed E-state index contributed by atoms with van der Waals surface area (Å²) in [6.07, 6.45) is 6.63. The zero-order valence-corrected chi connectivity index (χ0v) is 14.4. The summed E-state index contributed by atoms with van der Waals surface area (Å²) in [4.78, 5) is 2.72. The van der Waals surface area contributed by atoms with Crippen molar-refractivity contribution in [1.29, 1.82) is 0 Å². The minimum Gasteiger partial charge on any atom is -0.300 e. The second-order valence-corrected chi connectivity index (χ2v) is 7.42. The monoisotopic (exact) mass is 305 g/mol. The van der Waals surface area contributed by atoms with Crippen LogP contribution in [0, 0.1) is 13.8 Å². The first-order valence-corrected chi connectivity index (χ1v) is 9.14. The Bertz CT molecular complexity index is 710. The Hall–Kier alpha value is -1.60. The first kappa shape index (κ1) is 15.0. The maximum absolute atomic E-state index is 2.72. The zero-order chi connectivity index (χ0) is 15.8. The highest BCUT2D eigenvalue weighted by molar-refractivity contribution is 5.66. The third kappa shape index (κ3) is 2.95. The van der Waals surface area contributed by atoms with Gasteiger partial charge in [-0.3, -0.25) is 0 Å². The van der Waals surface area contributed by atoms with Gasteiger partial charge in [0.2, 0.25) is 0 Å². The topological polar surface area (TPSA) is 3.24 Å². The van der Waals surface area contributed by atoms with Crippen molar-refractivity contribution in [3.8, 4) is 11.1 Å². The summed E-state index contributed by atoms with van der Waals surface area (Å²) >= 11 is 0. The van der Waals surface area contributed by atoms with Gasteiger partial charge in [0.05, 0.1) is 0 Å². The van der Waals surface area contributed by atoms with E-state index in [2.05, 4.69) is 55.1 Å². The molecule has 0 N–H and O–H groups in total. The van der Waals surface area contributed by atoms with Crippen LogP contribution in [0.15, 0.2) is 36.4 Å². The van der Waals surface area contributed by atoms with E-state index in [4.69, 9.17) is 0 Å². The maximum Gasteiger partial charge on any atom is 0.0139 e. The molecule has 1 atom stereocenters. The van der Waals surface area contributed by atoms with Crippen LogP contribution in [0.1, 0.15) is 41.5 Å². The number of likely N-dealkylation sites (tertiary alicyclic amines) is 1. The van der Waals surface area contributed by atoms with E-state index in [0.29, 0.717) is 0 Å². The Morgan fingerprint density at radius 1 is 0.826 bits per heavy atom. The number of fused-ring (bicyclic) bond motifs is 1. The lowest BCUT2D eigenvalue weighted by Crippen LogP contribution is -2.37. The summed E-state index contributed by atoms with van der Waals surface area (Å²) in [5.74, 6) is 0. The van der Waals surface area contributed by atoms with Gasteiger partial charge in [-0.25, -0.2) is 0 Å². The second kappa shape index (κ2) is 6.13. The minimum absolute atomic E-state index is 0.789. The minimum atomic E-state index is 0.789. The van der Waals surface area contributed by atoms with E-state index in [-0.39, 0.29) is 0 Å². The summed E-state index contributed by atoms with van der Waals surface area (Å²) < 4.78 is 0. The summed E-state index contributed by atoms with van der Waals surface area (Å²) in [7, 11) is 0. The van der Waals surface area contributed by atoms with Crippen LogP contribution < -0.4 is 0 Å². The van der Waals surface area contributed by atoms with E-state index in [9.17, 15) is 0 Å².